The van der Waals surface area contributed by atoms with E-state index in [2.05, 4.69) is 31.9 Å². The highest BCUT2D eigenvalue weighted by Gasteiger charge is 2.66. The zero-order valence-corrected chi connectivity index (χ0v) is 15.8. The quantitative estimate of drug-likeness (QED) is 0.532. The number of hydrogen-bond donors (Lipinski definition) is 0. The fourth-order valence-corrected chi connectivity index (χ4v) is 6.33. The molecule has 2 saturated carbocycles. The fraction of sp³-hybridized carbons (Fsp3) is 0.529. The Bertz CT molecular complexity index is 630. The molecular formula is C17H17Br2NO3. The number of carbonyl (C=O) groups is 2. The predicted molar refractivity (Wildman–Crippen MR) is 94.1 cm³/mol. The van der Waals surface area contributed by atoms with E-state index in [0.717, 1.165) is 12.2 Å². The Morgan fingerprint density at radius 2 is 1.57 bits per heavy atom. The summed E-state index contributed by atoms with van der Waals surface area (Å²) >= 11 is 7.40. The topological polar surface area (TPSA) is 46.6 Å². The summed E-state index contributed by atoms with van der Waals surface area (Å²) in [5.41, 5.74) is 0.648. The second-order valence-corrected chi connectivity index (χ2v) is 8.56. The molecule has 0 aromatic heterocycles. The van der Waals surface area contributed by atoms with Crippen LogP contribution in [0.25, 0.3) is 0 Å². The molecule has 0 spiro atoms. The molecule has 1 aromatic rings. The van der Waals surface area contributed by atoms with Gasteiger partial charge in [-0.1, -0.05) is 31.9 Å². The van der Waals surface area contributed by atoms with Crippen molar-refractivity contribution in [3.8, 4) is 5.75 Å². The van der Waals surface area contributed by atoms with E-state index in [1.165, 1.54) is 4.90 Å². The lowest BCUT2D eigenvalue weighted by molar-refractivity contribution is -0.123. The predicted octanol–water partition coefficient (Wildman–Crippen LogP) is 3.37. The average Bonchev–Trinajstić information content (AvgIpc) is 3.14. The largest absolute Gasteiger partial charge is 0.494 e. The third-order valence-corrected chi connectivity index (χ3v) is 8.60. The molecule has 2 amide bonds. The first-order valence-electron chi connectivity index (χ1n) is 7.93. The number of ether oxygens (including phenoxy) is 1. The molecule has 4 nitrogen and oxygen atoms in total. The third-order valence-electron chi connectivity index (χ3n) is 5.39. The first-order valence-corrected chi connectivity index (χ1v) is 9.76. The molecule has 4 rings (SSSR count). The van der Waals surface area contributed by atoms with E-state index in [1.54, 1.807) is 12.1 Å². The number of anilines is 1. The Kier molecular flexibility index (Phi) is 3.80. The van der Waals surface area contributed by atoms with Gasteiger partial charge in [-0.05, 0) is 49.4 Å². The van der Waals surface area contributed by atoms with Crippen LogP contribution in [-0.4, -0.2) is 28.1 Å². The molecule has 1 heterocycles. The van der Waals surface area contributed by atoms with Gasteiger partial charge in [0.15, 0.2) is 0 Å². The van der Waals surface area contributed by atoms with E-state index in [-0.39, 0.29) is 45.1 Å². The van der Waals surface area contributed by atoms with Crippen LogP contribution in [0, 0.1) is 23.7 Å². The van der Waals surface area contributed by atoms with Gasteiger partial charge in [0.1, 0.15) is 5.75 Å². The van der Waals surface area contributed by atoms with Crippen molar-refractivity contribution in [2.24, 2.45) is 23.7 Å². The number of imide groups is 1. The first-order chi connectivity index (χ1) is 11.0. The number of alkyl halides is 2. The second-order valence-electron chi connectivity index (χ2n) is 6.44. The monoisotopic (exact) mass is 441 g/mol. The molecule has 2 bridgehead atoms. The van der Waals surface area contributed by atoms with Gasteiger partial charge in [0, 0.05) is 9.65 Å². The minimum atomic E-state index is -0.169. The van der Waals surface area contributed by atoms with Gasteiger partial charge in [-0.3, -0.25) is 14.5 Å². The summed E-state index contributed by atoms with van der Waals surface area (Å²) in [5, 5.41) is 0. The Morgan fingerprint density at radius 3 is 2.04 bits per heavy atom. The smallest absolute Gasteiger partial charge is 0.238 e. The van der Waals surface area contributed by atoms with Crippen molar-refractivity contribution >= 4 is 49.4 Å². The number of carbonyl (C=O) groups excluding carboxylic acids is 2. The van der Waals surface area contributed by atoms with E-state index in [1.807, 2.05) is 19.1 Å². The number of nitrogens with zero attached hydrogens (tertiary/aromatic N) is 1. The Hall–Kier alpha value is -0.880. The van der Waals surface area contributed by atoms with Gasteiger partial charge in [-0.15, -0.1) is 0 Å². The summed E-state index contributed by atoms with van der Waals surface area (Å²) < 4.78 is 5.42. The Labute approximate surface area is 151 Å². The molecule has 1 aliphatic heterocycles. The number of fused-ring (bicyclic) bond motifs is 5. The maximum Gasteiger partial charge on any atom is 0.238 e. The van der Waals surface area contributed by atoms with Crippen LogP contribution < -0.4 is 9.64 Å². The molecule has 1 saturated heterocycles. The summed E-state index contributed by atoms with van der Waals surface area (Å²) in [6.45, 7) is 2.51. The highest BCUT2D eigenvalue weighted by Crippen LogP contribution is 2.60. The highest BCUT2D eigenvalue weighted by atomic mass is 79.9. The molecule has 0 unspecified atom stereocenters. The van der Waals surface area contributed by atoms with Crippen LogP contribution >= 0.6 is 31.9 Å². The lowest BCUT2D eigenvalue weighted by atomic mass is 9.81. The Morgan fingerprint density at radius 1 is 1.04 bits per heavy atom. The van der Waals surface area contributed by atoms with E-state index in [0.29, 0.717) is 12.3 Å². The normalized spacial score (nSPS) is 38.3. The number of hydrogen-bond acceptors (Lipinski definition) is 3. The van der Waals surface area contributed by atoms with Crippen LogP contribution in [0.2, 0.25) is 0 Å². The fourth-order valence-electron chi connectivity index (χ4n) is 4.46. The van der Waals surface area contributed by atoms with Crippen molar-refractivity contribution < 1.29 is 14.3 Å². The number of amides is 2. The lowest BCUT2D eigenvalue weighted by Gasteiger charge is -2.28. The van der Waals surface area contributed by atoms with Gasteiger partial charge >= 0.3 is 0 Å². The third kappa shape index (κ3) is 2.14. The maximum absolute atomic E-state index is 12.9. The summed E-state index contributed by atoms with van der Waals surface area (Å²) in [6.07, 6.45) is 0.954. The van der Waals surface area contributed by atoms with Crippen LogP contribution in [0.3, 0.4) is 0 Å². The molecule has 122 valence electrons. The van der Waals surface area contributed by atoms with Gasteiger partial charge in [0.05, 0.1) is 24.1 Å². The van der Waals surface area contributed by atoms with Gasteiger partial charge in [-0.25, -0.2) is 0 Å². The molecule has 6 heteroatoms. The zero-order valence-electron chi connectivity index (χ0n) is 12.6. The summed E-state index contributed by atoms with van der Waals surface area (Å²) in [7, 11) is 0. The van der Waals surface area contributed by atoms with Crippen LogP contribution in [0.5, 0.6) is 5.75 Å². The second kappa shape index (κ2) is 5.59. The molecule has 0 N–H and O–H groups in total. The first kappa shape index (κ1) is 15.6. The van der Waals surface area contributed by atoms with Crippen molar-refractivity contribution in [3.05, 3.63) is 24.3 Å². The van der Waals surface area contributed by atoms with Gasteiger partial charge in [0.25, 0.3) is 0 Å². The number of rotatable bonds is 3. The molecular weight excluding hydrogens is 426 g/mol. The minimum absolute atomic E-state index is 0.0412. The molecule has 0 radical (unpaired) electrons. The van der Waals surface area contributed by atoms with Gasteiger partial charge in [-0.2, -0.15) is 0 Å². The van der Waals surface area contributed by atoms with Crippen molar-refractivity contribution in [1.29, 1.82) is 0 Å². The molecule has 1 aromatic carbocycles. The molecule has 3 fully saturated rings. The summed E-state index contributed by atoms with van der Waals surface area (Å²) in [5.74, 6) is 0.823. The van der Waals surface area contributed by atoms with Crippen molar-refractivity contribution in [2.45, 2.75) is 23.0 Å². The zero-order chi connectivity index (χ0) is 16.3. The van der Waals surface area contributed by atoms with Crippen LogP contribution in [0.15, 0.2) is 24.3 Å². The molecule has 2 aliphatic carbocycles. The number of benzene rings is 1. The van der Waals surface area contributed by atoms with Gasteiger partial charge < -0.3 is 4.74 Å². The molecule has 6 atom stereocenters. The van der Waals surface area contributed by atoms with E-state index >= 15 is 0 Å². The van der Waals surface area contributed by atoms with Crippen LogP contribution in [0.4, 0.5) is 5.69 Å². The standard InChI is InChI=1S/C17H17Br2NO3/c1-2-23-9-5-3-8(4-6-9)20-16(21)12-10-7-11(13(12)17(20)22)15(19)14(10)18/h3-6,10-15H,2,7H2,1H3/t10-,11+,12+,13-,14+,15-. The SMILES string of the molecule is CCOc1ccc(N2C(=O)[C@@H]3[C@@H]4C[C@@H]([C@H](Br)[C@@H]4Br)[C@@H]3C2=O)cc1. The molecule has 23 heavy (non-hydrogen) atoms. The minimum Gasteiger partial charge on any atom is -0.494 e. The Balaban J connectivity index is 1.64. The van der Waals surface area contributed by atoms with E-state index in [9.17, 15) is 9.59 Å². The number of halogens is 2. The van der Waals surface area contributed by atoms with Crippen LogP contribution in [-0.2, 0) is 9.59 Å². The van der Waals surface area contributed by atoms with Crippen molar-refractivity contribution in [2.75, 3.05) is 11.5 Å². The van der Waals surface area contributed by atoms with Gasteiger partial charge in [0.2, 0.25) is 11.8 Å². The lowest BCUT2D eigenvalue weighted by Crippen LogP contribution is -2.37. The summed E-state index contributed by atoms with van der Waals surface area (Å²) in [4.78, 5) is 27.7. The van der Waals surface area contributed by atoms with E-state index < -0.39 is 0 Å². The maximum atomic E-state index is 12.9. The van der Waals surface area contributed by atoms with Crippen molar-refractivity contribution in [3.63, 3.8) is 0 Å². The highest BCUT2D eigenvalue weighted by molar-refractivity contribution is 9.12. The van der Waals surface area contributed by atoms with Crippen LogP contribution in [0.1, 0.15) is 13.3 Å². The molecule has 3 aliphatic rings. The summed E-state index contributed by atoms with van der Waals surface area (Å²) in [6, 6.07) is 7.20. The van der Waals surface area contributed by atoms with E-state index in [4.69, 9.17) is 4.74 Å². The van der Waals surface area contributed by atoms with Crippen molar-refractivity contribution in [1.82, 2.24) is 0 Å². The average molecular weight is 443 g/mol.